The first-order valence-electron chi connectivity index (χ1n) is 9.49. The summed E-state index contributed by atoms with van der Waals surface area (Å²) in [6, 6.07) is 5.64. The number of carbonyl (C=O) groups is 2. The predicted molar refractivity (Wildman–Crippen MR) is 112 cm³/mol. The van der Waals surface area contributed by atoms with Crippen LogP contribution in [-0.2, 0) is 9.53 Å². The average molecular weight is 410 g/mol. The Labute approximate surface area is 171 Å². The quantitative estimate of drug-likeness (QED) is 0.409. The van der Waals surface area contributed by atoms with Crippen LogP contribution in [-0.4, -0.2) is 48.7 Å². The van der Waals surface area contributed by atoms with Gasteiger partial charge < -0.3 is 26.0 Å². The third kappa shape index (κ3) is 10.9. The van der Waals surface area contributed by atoms with Crippen molar-refractivity contribution in [3.8, 4) is 0 Å². The second-order valence-corrected chi connectivity index (χ2v) is 8.12. The zero-order chi connectivity index (χ0) is 22.1. The van der Waals surface area contributed by atoms with Gasteiger partial charge in [0, 0.05) is 18.8 Å². The molecule has 0 aliphatic rings. The van der Waals surface area contributed by atoms with Gasteiger partial charge in [-0.15, -0.1) is 0 Å². The lowest BCUT2D eigenvalue weighted by Crippen LogP contribution is -2.54. The number of ether oxygens (including phenoxy) is 1. The molecule has 2 amide bonds. The summed E-state index contributed by atoms with van der Waals surface area (Å²) in [6.45, 7) is 11.8. The van der Waals surface area contributed by atoms with Gasteiger partial charge >= 0.3 is 6.09 Å². The van der Waals surface area contributed by atoms with Gasteiger partial charge in [0.25, 0.3) is 0 Å². The van der Waals surface area contributed by atoms with E-state index in [9.17, 15) is 14.0 Å². The lowest BCUT2D eigenvalue weighted by Gasteiger charge is -2.29. The fourth-order valence-corrected chi connectivity index (χ4v) is 2.19. The van der Waals surface area contributed by atoms with Crippen molar-refractivity contribution in [1.82, 2.24) is 16.0 Å². The van der Waals surface area contributed by atoms with Gasteiger partial charge in [0.2, 0.25) is 5.91 Å². The van der Waals surface area contributed by atoms with Crippen molar-refractivity contribution in [2.75, 3.05) is 25.0 Å². The Bertz CT molecular complexity index is 729. The molecule has 0 bridgehead atoms. The fourth-order valence-electron chi connectivity index (χ4n) is 2.19. The van der Waals surface area contributed by atoms with E-state index in [1.165, 1.54) is 18.2 Å². The topological polar surface area (TPSA) is 104 Å². The van der Waals surface area contributed by atoms with E-state index < -0.39 is 23.1 Å². The van der Waals surface area contributed by atoms with Crippen LogP contribution >= 0.6 is 0 Å². The van der Waals surface area contributed by atoms with Gasteiger partial charge in [0.15, 0.2) is 5.96 Å². The van der Waals surface area contributed by atoms with Gasteiger partial charge in [-0.3, -0.25) is 4.79 Å². The Hall–Kier alpha value is -2.84. The molecule has 0 heterocycles. The molecular weight excluding hydrogens is 377 g/mol. The average Bonchev–Trinajstić information content (AvgIpc) is 2.55. The number of carbonyl (C=O) groups excluding carboxylic acids is 2. The number of aliphatic imine (C=N–C) groups is 1. The van der Waals surface area contributed by atoms with Crippen LogP contribution in [0, 0.1) is 5.82 Å². The molecule has 0 saturated carbocycles. The molecule has 1 rings (SSSR count). The second-order valence-electron chi connectivity index (χ2n) is 8.12. The molecule has 9 heteroatoms. The molecular formula is C20H32FN5O3. The van der Waals surface area contributed by atoms with E-state index in [-0.39, 0.29) is 12.5 Å². The Morgan fingerprint density at radius 2 is 1.83 bits per heavy atom. The number of hydrogen-bond acceptors (Lipinski definition) is 4. The maximum atomic E-state index is 13.2. The third-order valence-corrected chi connectivity index (χ3v) is 3.37. The van der Waals surface area contributed by atoms with Crippen molar-refractivity contribution in [1.29, 1.82) is 0 Å². The first-order valence-corrected chi connectivity index (χ1v) is 9.49. The van der Waals surface area contributed by atoms with Crippen molar-refractivity contribution in [3.63, 3.8) is 0 Å². The molecule has 0 radical (unpaired) electrons. The lowest BCUT2D eigenvalue weighted by atomic mass is 10.1. The highest BCUT2D eigenvalue weighted by atomic mass is 19.1. The zero-order valence-corrected chi connectivity index (χ0v) is 18.0. The molecule has 0 unspecified atom stereocenters. The molecule has 0 spiro atoms. The highest BCUT2D eigenvalue weighted by molar-refractivity contribution is 5.94. The van der Waals surface area contributed by atoms with E-state index in [2.05, 4.69) is 26.3 Å². The maximum Gasteiger partial charge on any atom is 0.408 e. The van der Waals surface area contributed by atoms with E-state index >= 15 is 0 Å². The minimum Gasteiger partial charge on any atom is -0.444 e. The summed E-state index contributed by atoms with van der Waals surface area (Å²) < 4.78 is 18.5. The largest absolute Gasteiger partial charge is 0.444 e. The number of amides is 2. The molecule has 1 aromatic carbocycles. The van der Waals surface area contributed by atoms with Crippen LogP contribution in [0.15, 0.2) is 29.3 Å². The molecule has 0 aromatic heterocycles. The molecule has 162 valence electrons. The number of anilines is 1. The standard InChI is InChI=1S/C20H32FN5O3/c1-7-22-17(23-12-16(27)25-15-10-8-9-14(21)11-15)24-13-20(5,6)26-18(28)29-19(2,3)4/h8-11H,7,12-13H2,1-6H3,(H,25,27)(H,26,28)(H2,22,23,24). The van der Waals surface area contributed by atoms with E-state index in [4.69, 9.17) is 4.74 Å². The molecule has 0 saturated heterocycles. The Morgan fingerprint density at radius 1 is 1.14 bits per heavy atom. The number of halogens is 1. The summed E-state index contributed by atoms with van der Waals surface area (Å²) in [5, 5.41) is 11.5. The van der Waals surface area contributed by atoms with Crippen LogP contribution in [0.2, 0.25) is 0 Å². The van der Waals surface area contributed by atoms with Crippen molar-refractivity contribution < 1.29 is 18.7 Å². The third-order valence-electron chi connectivity index (χ3n) is 3.37. The van der Waals surface area contributed by atoms with Crippen molar-refractivity contribution in [2.24, 2.45) is 4.99 Å². The molecule has 8 nitrogen and oxygen atoms in total. The highest BCUT2D eigenvalue weighted by Crippen LogP contribution is 2.10. The summed E-state index contributed by atoms with van der Waals surface area (Å²) in [5.41, 5.74) is -0.840. The van der Waals surface area contributed by atoms with Crippen LogP contribution in [0.5, 0.6) is 0 Å². The van der Waals surface area contributed by atoms with Gasteiger partial charge in [-0.25, -0.2) is 14.2 Å². The molecule has 0 atom stereocenters. The summed E-state index contributed by atoms with van der Waals surface area (Å²) in [4.78, 5) is 28.2. The van der Waals surface area contributed by atoms with E-state index in [1.54, 1.807) is 26.8 Å². The van der Waals surface area contributed by atoms with Crippen molar-refractivity contribution in [3.05, 3.63) is 30.1 Å². The van der Waals surface area contributed by atoms with Crippen molar-refractivity contribution >= 4 is 23.6 Å². The molecule has 0 aliphatic heterocycles. The number of alkyl carbamates (subject to hydrolysis) is 1. The van der Waals surface area contributed by atoms with Gasteiger partial charge in [0.1, 0.15) is 18.0 Å². The number of benzene rings is 1. The summed E-state index contributed by atoms with van der Waals surface area (Å²) in [6.07, 6.45) is -0.513. The zero-order valence-electron chi connectivity index (χ0n) is 18.0. The van der Waals surface area contributed by atoms with Gasteiger partial charge in [-0.2, -0.15) is 0 Å². The van der Waals surface area contributed by atoms with Gasteiger partial charge in [-0.05, 0) is 59.7 Å². The van der Waals surface area contributed by atoms with Crippen LogP contribution in [0.25, 0.3) is 0 Å². The second kappa shape index (κ2) is 10.6. The summed E-state index contributed by atoms with van der Waals surface area (Å²) >= 11 is 0. The van der Waals surface area contributed by atoms with Crippen LogP contribution in [0.4, 0.5) is 14.9 Å². The Morgan fingerprint density at radius 3 is 2.41 bits per heavy atom. The van der Waals surface area contributed by atoms with E-state index in [0.29, 0.717) is 24.7 Å². The molecule has 1 aromatic rings. The SMILES string of the molecule is CCNC(=NCC(=O)Nc1cccc(F)c1)NCC(C)(C)NC(=O)OC(C)(C)C. The monoisotopic (exact) mass is 409 g/mol. The van der Waals surface area contributed by atoms with E-state index in [1.807, 2.05) is 20.8 Å². The van der Waals surface area contributed by atoms with Gasteiger partial charge in [-0.1, -0.05) is 6.07 Å². The summed E-state index contributed by atoms with van der Waals surface area (Å²) in [5.74, 6) is -0.388. The molecule has 0 aliphatic carbocycles. The smallest absolute Gasteiger partial charge is 0.408 e. The number of nitrogens with one attached hydrogen (secondary N) is 4. The Balaban J connectivity index is 2.60. The lowest BCUT2D eigenvalue weighted by molar-refractivity contribution is -0.114. The number of rotatable bonds is 7. The molecule has 0 fully saturated rings. The molecule has 4 N–H and O–H groups in total. The minimum atomic E-state index is -0.623. The number of guanidine groups is 1. The number of nitrogens with zero attached hydrogens (tertiary/aromatic N) is 1. The predicted octanol–water partition coefficient (Wildman–Crippen LogP) is 2.62. The summed E-state index contributed by atoms with van der Waals surface area (Å²) in [7, 11) is 0. The highest BCUT2D eigenvalue weighted by Gasteiger charge is 2.24. The fraction of sp³-hybridized carbons (Fsp3) is 0.550. The van der Waals surface area contributed by atoms with Gasteiger partial charge in [0.05, 0.1) is 5.54 Å². The van der Waals surface area contributed by atoms with Crippen LogP contribution < -0.4 is 21.3 Å². The number of hydrogen-bond donors (Lipinski definition) is 4. The van der Waals surface area contributed by atoms with E-state index in [0.717, 1.165) is 0 Å². The Kier molecular flexibility index (Phi) is 8.87. The minimum absolute atomic E-state index is 0.147. The normalized spacial score (nSPS) is 12.2. The first-order chi connectivity index (χ1) is 13.4. The first kappa shape index (κ1) is 24.2. The van der Waals surface area contributed by atoms with Crippen LogP contribution in [0.1, 0.15) is 41.5 Å². The maximum absolute atomic E-state index is 13.2. The van der Waals surface area contributed by atoms with Crippen molar-refractivity contribution in [2.45, 2.75) is 52.7 Å². The van der Waals surface area contributed by atoms with Crippen LogP contribution in [0.3, 0.4) is 0 Å². The molecule has 29 heavy (non-hydrogen) atoms.